The summed E-state index contributed by atoms with van der Waals surface area (Å²) in [5.41, 5.74) is 0.436. The fraction of sp³-hybridized carbons (Fsp3) is 0.429. The minimum Gasteiger partial charge on any atom is -0.465 e. The molecule has 0 heterocycles. The molecule has 0 aliphatic heterocycles. The van der Waals surface area contributed by atoms with E-state index in [4.69, 9.17) is 0 Å². The highest BCUT2D eigenvalue weighted by molar-refractivity contribution is 6.02. The Morgan fingerprint density at radius 3 is 2.22 bits per heavy atom. The van der Waals surface area contributed by atoms with Crippen molar-refractivity contribution in [2.24, 2.45) is 0 Å². The Kier molecular flexibility index (Phi) is 3.97. The molecule has 4 heteroatoms. The summed E-state index contributed by atoms with van der Waals surface area (Å²) in [6.07, 6.45) is 3.54. The molecule has 1 N–H and O–H groups in total. The first-order valence-electron chi connectivity index (χ1n) is 6.31. The predicted octanol–water partition coefficient (Wildman–Crippen LogP) is 3.14. The molecule has 0 bridgehead atoms. The van der Waals surface area contributed by atoms with Gasteiger partial charge in [-0.25, -0.2) is 9.69 Å². The second kappa shape index (κ2) is 5.67. The van der Waals surface area contributed by atoms with Crippen LogP contribution >= 0.6 is 0 Å². The van der Waals surface area contributed by atoms with Gasteiger partial charge in [0.1, 0.15) is 0 Å². The van der Waals surface area contributed by atoms with Crippen molar-refractivity contribution in [2.75, 3.05) is 0 Å². The average Bonchev–Trinajstić information content (AvgIpc) is 2.40. The summed E-state index contributed by atoms with van der Waals surface area (Å²) >= 11 is 0. The zero-order valence-electron chi connectivity index (χ0n) is 10.2. The molecule has 2 rings (SSSR count). The van der Waals surface area contributed by atoms with Gasteiger partial charge in [0, 0.05) is 11.6 Å². The van der Waals surface area contributed by atoms with E-state index in [0.717, 1.165) is 37.0 Å². The van der Waals surface area contributed by atoms with Gasteiger partial charge in [0.25, 0.3) is 5.91 Å². The first kappa shape index (κ1) is 12.6. The molecular formula is C14H17NO3. The molecule has 0 saturated heterocycles. The highest BCUT2D eigenvalue weighted by atomic mass is 16.4. The van der Waals surface area contributed by atoms with Crippen LogP contribution in [-0.2, 0) is 0 Å². The standard InChI is InChI=1S/C14H17NO3/c16-13(11-7-3-1-4-8-11)15(14(17)18)12-9-5-2-6-10-12/h1,3-4,7-8,12H,2,5-6,9-10H2,(H,17,18). The number of carbonyl (C=O) groups excluding carboxylic acids is 1. The lowest BCUT2D eigenvalue weighted by Gasteiger charge is -2.30. The summed E-state index contributed by atoms with van der Waals surface area (Å²) in [5.74, 6) is -0.407. The number of hydrogen-bond donors (Lipinski definition) is 1. The molecule has 1 saturated carbocycles. The van der Waals surface area contributed by atoms with Crippen LogP contribution in [-0.4, -0.2) is 28.0 Å². The van der Waals surface area contributed by atoms with E-state index in [2.05, 4.69) is 0 Å². The summed E-state index contributed by atoms with van der Waals surface area (Å²) in [4.78, 5) is 24.6. The fourth-order valence-electron chi connectivity index (χ4n) is 2.47. The summed E-state index contributed by atoms with van der Waals surface area (Å²) < 4.78 is 0. The Bertz CT molecular complexity index is 424. The van der Waals surface area contributed by atoms with Crippen LogP contribution in [0.15, 0.2) is 30.3 Å². The third-order valence-electron chi connectivity index (χ3n) is 3.39. The minimum atomic E-state index is -1.14. The Hall–Kier alpha value is -1.84. The van der Waals surface area contributed by atoms with Gasteiger partial charge in [-0.05, 0) is 25.0 Å². The molecule has 1 fully saturated rings. The van der Waals surface area contributed by atoms with Crippen LogP contribution in [0.3, 0.4) is 0 Å². The first-order chi connectivity index (χ1) is 8.70. The molecule has 4 nitrogen and oxygen atoms in total. The van der Waals surface area contributed by atoms with E-state index in [0.29, 0.717) is 5.56 Å². The SMILES string of the molecule is O=C(O)N(C(=O)c1ccccc1)C1CCCCC1. The highest BCUT2D eigenvalue weighted by Crippen LogP contribution is 2.24. The molecule has 1 aliphatic carbocycles. The minimum absolute atomic E-state index is 0.163. The van der Waals surface area contributed by atoms with Crippen molar-refractivity contribution < 1.29 is 14.7 Å². The van der Waals surface area contributed by atoms with Gasteiger partial charge in [-0.2, -0.15) is 0 Å². The normalized spacial score (nSPS) is 16.2. The number of imide groups is 1. The van der Waals surface area contributed by atoms with Crippen molar-refractivity contribution in [3.05, 3.63) is 35.9 Å². The summed E-state index contributed by atoms with van der Waals surface area (Å²) in [5, 5.41) is 9.26. The second-order valence-corrected chi connectivity index (χ2v) is 4.62. The summed E-state index contributed by atoms with van der Waals surface area (Å²) in [7, 11) is 0. The van der Waals surface area contributed by atoms with Crippen molar-refractivity contribution in [1.82, 2.24) is 4.90 Å². The Morgan fingerprint density at radius 1 is 1.06 bits per heavy atom. The third-order valence-corrected chi connectivity index (χ3v) is 3.39. The highest BCUT2D eigenvalue weighted by Gasteiger charge is 2.31. The Morgan fingerprint density at radius 2 is 1.67 bits per heavy atom. The lowest BCUT2D eigenvalue weighted by Crippen LogP contribution is -2.44. The van der Waals surface area contributed by atoms with Crippen molar-refractivity contribution in [2.45, 2.75) is 38.1 Å². The van der Waals surface area contributed by atoms with Gasteiger partial charge < -0.3 is 5.11 Å². The van der Waals surface area contributed by atoms with Crippen molar-refractivity contribution in [3.8, 4) is 0 Å². The maximum absolute atomic E-state index is 12.2. The van der Waals surface area contributed by atoms with Crippen LogP contribution in [0.1, 0.15) is 42.5 Å². The van der Waals surface area contributed by atoms with Gasteiger partial charge in [0.2, 0.25) is 0 Å². The average molecular weight is 247 g/mol. The lowest BCUT2D eigenvalue weighted by molar-refractivity contribution is 0.0625. The zero-order chi connectivity index (χ0) is 13.0. The van der Waals surface area contributed by atoms with Gasteiger partial charge in [-0.3, -0.25) is 4.79 Å². The van der Waals surface area contributed by atoms with E-state index < -0.39 is 12.0 Å². The van der Waals surface area contributed by atoms with Crippen LogP contribution in [0.4, 0.5) is 4.79 Å². The van der Waals surface area contributed by atoms with Crippen LogP contribution in [0.2, 0.25) is 0 Å². The van der Waals surface area contributed by atoms with E-state index in [9.17, 15) is 14.7 Å². The molecular weight excluding hydrogens is 230 g/mol. The van der Waals surface area contributed by atoms with Crippen LogP contribution in [0.5, 0.6) is 0 Å². The lowest BCUT2D eigenvalue weighted by atomic mass is 9.94. The molecule has 0 aromatic heterocycles. The molecule has 1 aromatic rings. The number of rotatable bonds is 2. The van der Waals surface area contributed by atoms with Gasteiger partial charge in [0.15, 0.2) is 0 Å². The molecule has 0 radical (unpaired) electrons. The van der Waals surface area contributed by atoms with E-state index in [1.807, 2.05) is 6.07 Å². The Labute approximate surface area is 106 Å². The van der Waals surface area contributed by atoms with Crippen LogP contribution in [0, 0.1) is 0 Å². The largest absolute Gasteiger partial charge is 0.465 e. The van der Waals surface area contributed by atoms with Crippen LogP contribution in [0.25, 0.3) is 0 Å². The first-order valence-corrected chi connectivity index (χ1v) is 6.31. The number of hydrogen-bond acceptors (Lipinski definition) is 2. The smallest absolute Gasteiger partial charge is 0.414 e. The maximum Gasteiger partial charge on any atom is 0.414 e. The molecule has 1 aliphatic rings. The predicted molar refractivity (Wildman–Crippen MR) is 67.5 cm³/mol. The van der Waals surface area contributed by atoms with Gasteiger partial charge in [-0.15, -0.1) is 0 Å². The maximum atomic E-state index is 12.2. The quantitative estimate of drug-likeness (QED) is 0.873. The van der Waals surface area contributed by atoms with Crippen molar-refractivity contribution in [1.29, 1.82) is 0 Å². The van der Waals surface area contributed by atoms with Crippen LogP contribution < -0.4 is 0 Å². The number of nitrogens with zero attached hydrogens (tertiary/aromatic N) is 1. The van der Waals surface area contributed by atoms with E-state index in [-0.39, 0.29) is 6.04 Å². The van der Waals surface area contributed by atoms with Crippen molar-refractivity contribution in [3.63, 3.8) is 0 Å². The molecule has 0 spiro atoms. The zero-order valence-corrected chi connectivity index (χ0v) is 10.2. The van der Waals surface area contributed by atoms with E-state index >= 15 is 0 Å². The van der Waals surface area contributed by atoms with E-state index in [1.54, 1.807) is 24.3 Å². The number of amides is 2. The monoisotopic (exact) mass is 247 g/mol. The van der Waals surface area contributed by atoms with Gasteiger partial charge in [-0.1, -0.05) is 37.5 Å². The van der Waals surface area contributed by atoms with Gasteiger partial charge in [0.05, 0.1) is 0 Å². The molecule has 18 heavy (non-hydrogen) atoms. The van der Waals surface area contributed by atoms with E-state index in [1.165, 1.54) is 0 Å². The Balaban J connectivity index is 2.19. The molecule has 0 unspecified atom stereocenters. The topological polar surface area (TPSA) is 57.6 Å². The number of carbonyl (C=O) groups is 2. The van der Waals surface area contributed by atoms with Gasteiger partial charge >= 0.3 is 6.09 Å². The third kappa shape index (κ3) is 2.70. The van der Waals surface area contributed by atoms with Crippen molar-refractivity contribution >= 4 is 12.0 Å². The molecule has 1 aromatic carbocycles. The number of carboxylic acid groups (broad SMARTS) is 1. The summed E-state index contributed by atoms with van der Waals surface area (Å²) in [6.45, 7) is 0. The second-order valence-electron chi connectivity index (χ2n) is 4.62. The number of benzene rings is 1. The fourth-order valence-corrected chi connectivity index (χ4v) is 2.47. The summed E-state index contributed by atoms with van der Waals surface area (Å²) in [6, 6.07) is 8.44. The molecule has 2 amide bonds. The molecule has 96 valence electrons. The molecule has 0 atom stereocenters.